The van der Waals surface area contributed by atoms with Gasteiger partial charge in [0.25, 0.3) is 0 Å². The van der Waals surface area contributed by atoms with Crippen LogP contribution in [0.3, 0.4) is 0 Å². The third-order valence-electron chi connectivity index (χ3n) is 4.94. The number of hydrogen-bond donors (Lipinski definition) is 0. The van der Waals surface area contributed by atoms with Crippen LogP contribution in [-0.4, -0.2) is 19.6 Å². The number of unbranched alkanes of at least 4 members (excludes halogenated alkanes) is 5. The van der Waals surface area contributed by atoms with Gasteiger partial charge in [-0.15, -0.1) is 0 Å². The molecule has 1 heterocycles. The van der Waals surface area contributed by atoms with Crippen molar-refractivity contribution in [1.82, 2.24) is 4.48 Å². The van der Waals surface area contributed by atoms with Crippen LogP contribution in [0.15, 0.2) is 24.3 Å². The van der Waals surface area contributed by atoms with Crippen molar-refractivity contribution in [3.63, 3.8) is 0 Å². The lowest BCUT2D eigenvalue weighted by atomic mass is 10.1. The van der Waals surface area contributed by atoms with Gasteiger partial charge in [0.1, 0.15) is 5.69 Å². The average molecular weight is 274 g/mol. The van der Waals surface area contributed by atoms with Gasteiger partial charge in [0.15, 0.2) is 0 Å². The van der Waals surface area contributed by atoms with Gasteiger partial charge >= 0.3 is 0 Å². The summed E-state index contributed by atoms with van der Waals surface area (Å²) in [5.74, 6) is 0. The van der Waals surface area contributed by atoms with Crippen LogP contribution in [0.2, 0.25) is 0 Å². The molecular weight excluding hydrogens is 242 g/mol. The molecule has 0 radical (unpaired) electrons. The van der Waals surface area contributed by atoms with E-state index in [1.807, 2.05) is 0 Å². The molecule has 0 spiro atoms. The highest BCUT2D eigenvalue weighted by molar-refractivity contribution is 5.44. The van der Waals surface area contributed by atoms with Crippen molar-refractivity contribution in [3.05, 3.63) is 29.8 Å². The normalized spacial score (nSPS) is 17.5. The van der Waals surface area contributed by atoms with E-state index in [2.05, 4.69) is 38.1 Å². The van der Waals surface area contributed by atoms with Gasteiger partial charge in [-0.2, -0.15) is 0 Å². The zero-order valence-corrected chi connectivity index (χ0v) is 13.5. The van der Waals surface area contributed by atoms with E-state index in [0.29, 0.717) is 0 Å². The molecular formula is C19H32N+. The number of benzene rings is 1. The maximum absolute atomic E-state index is 2.37. The number of hydrogen-bond acceptors (Lipinski definition) is 0. The minimum Gasteiger partial charge on any atom is -0.291 e. The van der Waals surface area contributed by atoms with E-state index < -0.39 is 0 Å². The van der Waals surface area contributed by atoms with E-state index in [-0.39, 0.29) is 0 Å². The maximum Gasteiger partial charge on any atom is 0.132 e. The molecule has 1 aliphatic heterocycles. The highest BCUT2D eigenvalue weighted by atomic mass is 15.4. The van der Waals surface area contributed by atoms with E-state index in [9.17, 15) is 0 Å². The SMILES string of the molecule is CCCCCCCC[N+]1(c2ccc(C)cc2)CCCC1. The zero-order valence-electron chi connectivity index (χ0n) is 13.5. The molecule has 20 heavy (non-hydrogen) atoms. The fourth-order valence-electron chi connectivity index (χ4n) is 3.61. The van der Waals surface area contributed by atoms with Gasteiger partial charge in [-0.05, 0) is 31.9 Å². The summed E-state index contributed by atoms with van der Waals surface area (Å²) >= 11 is 0. The van der Waals surface area contributed by atoms with Gasteiger partial charge in [-0.3, -0.25) is 4.48 Å². The van der Waals surface area contributed by atoms with E-state index in [1.165, 1.54) is 81.0 Å². The van der Waals surface area contributed by atoms with E-state index >= 15 is 0 Å². The number of aryl methyl sites for hydroxylation is 1. The van der Waals surface area contributed by atoms with Crippen molar-refractivity contribution in [1.29, 1.82) is 0 Å². The van der Waals surface area contributed by atoms with Crippen molar-refractivity contribution in [3.8, 4) is 0 Å². The molecule has 0 saturated carbocycles. The van der Waals surface area contributed by atoms with Gasteiger partial charge in [-0.1, -0.05) is 50.3 Å². The standard InChI is InChI=1S/C19H32N/c1-3-4-5-6-7-8-15-20(16-9-10-17-20)19-13-11-18(2)12-14-19/h11-14H,3-10,15-17H2,1-2H3/q+1. The lowest BCUT2D eigenvalue weighted by Gasteiger charge is -2.34. The number of nitrogens with zero attached hydrogens (tertiary/aromatic N) is 1. The van der Waals surface area contributed by atoms with Gasteiger partial charge in [0.2, 0.25) is 0 Å². The molecule has 1 aliphatic rings. The Kier molecular flexibility index (Phi) is 6.09. The first-order chi connectivity index (χ1) is 9.77. The Labute approximate surface area is 125 Å². The second-order valence-corrected chi connectivity index (χ2v) is 6.63. The summed E-state index contributed by atoms with van der Waals surface area (Å²) in [6.07, 6.45) is 11.3. The molecule has 0 aliphatic carbocycles. The first-order valence-electron chi connectivity index (χ1n) is 8.70. The molecule has 1 saturated heterocycles. The summed E-state index contributed by atoms with van der Waals surface area (Å²) in [7, 11) is 0. The van der Waals surface area contributed by atoms with Crippen molar-refractivity contribution < 1.29 is 0 Å². The highest BCUT2D eigenvalue weighted by Gasteiger charge is 2.33. The number of quaternary nitrogens is 1. The van der Waals surface area contributed by atoms with E-state index in [4.69, 9.17) is 0 Å². The third kappa shape index (κ3) is 4.09. The van der Waals surface area contributed by atoms with Crippen LogP contribution in [-0.2, 0) is 0 Å². The summed E-state index contributed by atoms with van der Waals surface area (Å²) < 4.78 is 1.26. The maximum atomic E-state index is 2.37. The largest absolute Gasteiger partial charge is 0.291 e. The van der Waals surface area contributed by atoms with Crippen LogP contribution < -0.4 is 4.48 Å². The molecule has 0 amide bonds. The van der Waals surface area contributed by atoms with Crippen LogP contribution in [0.25, 0.3) is 0 Å². The first-order valence-corrected chi connectivity index (χ1v) is 8.70. The lowest BCUT2D eigenvalue weighted by molar-refractivity contribution is 0.322. The van der Waals surface area contributed by atoms with Crippen LogP contribution >= 0.6 is 0 Å². The highest BCUT2D eigenvalue weighted by Crippen LogP contribution is 2.30. The Morgan fingerprint density at radius 1 is 0.850 bits per heavy atom. The molecule has 1 nitrogen and oxygen atoms in total. The Hall–Kier alpha value is -0.820. The number of rotatable bonds is 8. The molecule has 0 N–H and O–H groups in total. The van der Waals surface area contributed by atoms with Crippen LogP contribution in [0.5, 0.6) is 0 Å². The third-order valence-corrected chi connectivity index (χ3v) is 4.94. The molecule has 2 rings (SSSR count). The van der Waals surface area contributed by atoms with E-state index in [0.717, 1.165) is 0 Å². The molecule has 1 aromatic rings. The molecule has 0 unspecified atom stereocenters. The zero-order chi connectivity index (χ0) is 14.3. The molecule has 1 aromatic carbocycles. The predicted molar refractivity (Wildman–Crippen MR) is 90.2 cm³/mol. The topological polar surface area (TPSA) is 0 Å². The Balaban J connectivity index is 1.88. The predicted octanol–water partition coefficient (Wildman–Crippen LogP) is 5.46. The lowest BCUT2D eigenvalue weighted by Crippen LogP contribution is -2.47. The van der Waals surface area contributed by atoms with Crippen molar-refractivity contribution in [2.75, 3.05) is 19.6 Å². The smallest absolute Gasteiger partial charge is 0.132 e. The van der Waals surface area contributed by atoms with Gasteiger partial charge in [0, 0.05) is 12.8 Å². The van der Waals surface area contributed by atoms with Crippen LogP contribution in [0, 0.1) is 6.92 Å². The fraction of sp³-hybridized carbons (Fsp3) is 0.684. The molecule has 112 valence electrons. The molecule has 0 bridgehead atoms. The number of likely N-dealkylation sites (tertiary alicyclic amines) is 1. The second-order valence-electron chi connectivity index (χ2n) is 6.63. The average Bonchev–Trinajstić information content (AvgIpc) is 2.93. The van der Waals surface area contributed by atoms with Crippen LogP contribution in [0.4, 0.5) is 5.69 Å². The van der Waals surface area contributed by atoms with E-state index in [1.54, 1.807) is 5.69 Å². The van der Waals surface area contributed by atoms with Crippen molar-refractivity contribution >= 4 is 5.69 Å². The summed E-state index contributed by atoms with van der Waals surface area (Å²) in [4.78, 5) is 0. The van der Waals surface area contributed by atoms with Gasteiger partial charge in [0.05, 0.1) is 19.6 Å². The quantitative estimate of drug-likeness (QED) is 0.436. The van der Waals surface area contributed by atoms with Crippen LogP contribution in [0.1, 0.15) is 63.9 Å². The molecule has 0 aromatic heterocycles. The minimum atomic E-state index is 1.26. The Bertz CT molecular complexity index is 373. The summed E-state index contributed by atoms with van der Waals surface area (Å²) in [5.41, 5.74) is 2.94. The monoisotopic (exact) mass is 274 g/mol. The molecule has 0 atom stereocenters. The minimum absolute atomic E-state index is 1.26. The summed E-state index contributed by atoms with van der Waals surface area (Å²) in [6.45, 7) is 8.55. The first kappa shape index (κ1) is 15.6. The second kappa shape index (κ2) is 7.83. The molecule has 1 heteroatoms. The van der Waals surface area contributed by atoms with Crippen molar-refractivity contribution in [2.24, 2.45) is 0 Å². The summed E-state index contributed by atoms with van der Waals surface area (Å²) in [6, 6.07) is 9.32. The molecule has 1 fully saturated rings. The summed E-state index contributed by atoms with van der Waals surface area (Å²) in [5, 5.41) is 0. The Morgan fingerprint density at radius 2 is 1.45 bits per heavy atom. The fourth-order valence-corrected chi connectivity index (χ4v) is 3.61. The Morgan fingerprint density at radius 3 is 2.10 bits per heavy atom. The van der Waals surface area contributed by atoms with Gasteiger partial charge in [-0.25, -0.2) is 0 Å². The van der Waals surface area contributed by atoms with Gasteiger partial charge < -0.3 is 0 Å². The van der Waals surface area contributed by atoms with Crippen molar-refractivity contribution in [2.45, 2.75) is 65.2 Å².